The molecular weight excluding hydrogens is 504 g/mol. The molecule has 0 spiro atoms. The summed E-state index contributed by atoms with van der Waals surface area (Å²) in [7, 11) is 0. The third-order valence-corrected chi connectivity index (χ3v) is 9.71. The third-order valence-electron chi connectivity index (χ3n) is 9.71. The normalized spacial score (nSPS) is 28.2. The van der Waals surface area contributed by atoms with Gasteiger partial charge in [-0.3, -0.25) is 14.5 Å². The number of rotatable bonds is 5. The highest BCUT2D eigenvalue weighted by atomic mass is 16.6. The number of aromatic nitrogens is 1. The Kier molecular flexibility index (Phi) is 6.96. The number of carbonyl (C=O) groups excluding carboxylic acids is 2. The lowest BCUT2D eigenvalue weighted by Crippen LogP contribution is -2.61. The molecule has 2 amide bonds. The third kappa shape index (κ3) is 5.15. The molecule has 1 aliphatic heterocycles. The molecule has 5 aliphatic rings. The molecule has 4 saturated carbocycles. The van der Waals surface area contributed by atoms with Gasteiger partial charge in [0.1, 0.15) is 5.60 Å². The van der Waals surface area contributed by atoms with Crippen molar-refractivity contribution in [3.05, 3.63) is 40.8 Å². The Morgan fingerprint density at radius 3 is 2.12 bits per heavy atom. The Hall–Kier alpha value is -2.87. The second kappa shape index (κ2) is 10.2. The van der Waals surface area contributed by atoms with E-state index < -0.39 is 5.60 Å². The van der Waals surface area contributed by atoms with Gasteiger partial charge >= 0.3 is 6.09 Å². The average molecular weight is 549 g/mol. The standard InChI is InChI=1S/C32H44N4O4/c1-22(37)36(32-19-23-16-24(20-32)18-25(17-23)21-32)28-7-5-6-27-26(28)8-9-34(29(27)38)13-10-33-11-14-35(15-12-33)30(39)40-31(2,3)4/h5-9,23-25H,10-21H2,1-4H3. The van der Waals surface area contributed by atoms with Crippen LogP contribution in [0.15, 0.2) is 35.3 Å². The summed E-state index contributed by atoms with van der Waals surface area (Å²) in [6.07, 6.45) is 8.86. The summed E-state index contributed by atoms with van der Waals surface area (Å²) in [5.74, 6) is 2.27. The quantitative estimate of drug-likeness (QED) is 0.533. The second-order valence-corrected chi connectivity index (χ2v) is 13.9. The van der Waals surface area contributed by atoms with E-state index in [-0.39, 0.29) is 23.1 Å². The minimum atomic E-state index is -0.498. The first-order valence-corrected chi connectivity index (χ1v) is 15.1. The van der Waals surface area contributed by atoms with E-state index in [9.17, 15) is 14.4 Å². The maximum Gasteiger partial charge on any atom is 0.410 e. The number of hydrogen-bond acceptors (Lipinski definition) is 5. The van der Waals surface area contributed by atoms with E-state index in [0.717, 1.165) is 67.7 Å². The van der Waals surface area contributed by atoms with Gasteiger partial charge in [0.15, 0.2) is 0 Å². The number of ether oxygens (including phenoxy) is 1. The molecule has 1 saturated heterocycles. The predicted octanol–water partition coefficient (Wildman–Crippen LogP) is 4.88. The van der Waals surface area contributed by atoms with E-state index in [1.165, 1.54) is 19.3 Å². The van der Waals surface area contributed by atoms with Crippen molar-refractivity contribution < 1.29 is 14.3 Å². The van der Waals surface area contributed by atoms with Gasteiger partial charge in [-0.15, -0.1) is 0 Å². The van der Waals surface area contributed by atoms with Crippen molar-refractivity contribution >= 4 is 28.5 Å². The summed E-state index contributed by atoms with van der Waals surface area (Å²) >= 11 is 0. The largest absolute Gasteiger partial charge is 0.444 e. The molecule has 5 fully saturated rings. The van der Waals surface area contributed by atoms with Gasteiger partial charge in [0.2, 0.25) is 5.91 Å². The zero-order valence-electron chi connectivity index (χ0n) is 24.5. The Morgan fingerprint density at radius 2 is 1.55 bits per heavy atom. The summed E-state index contributed by atoms with van der Waals surface area (Å²) in [6, 6.07) is 7.91. The number of piperazine rings is 1. The van der Waals surface area contributed by atoms with Crippen LogP contribution in [-0.2, 0) is 16.1 Å². The molecular formula is C32H44N4O4. The lowest BCUT2D eigenvalue weighted by molar-refractivity contribution is -0.120. The van der Waals surface area contributed by atoms with Gasteiger partial charge in [-0.05, 0) is 95.2 Å². The summed E-state index contributed by atoms with van der Waals surface area (Å²) < 4.78 is 7.29. The van der Waals surface area contributed by atoms with Crippen LogP contribution in [0.5, 0.6) is 0 Å². The lowest BCUT2D eigenvalue weighted by atomic mass is 9.52. The van der Waals surface area contributed by atoms with E-state index in [2.05, 4.69) is 9.80 Å². The van der Waals surface area contributed by atoms with E-state index in [1.807, 2.05) is 51.2 Å². The minimum absolute atomic E-state index is 0.0132. The lowest BCUT2D eigenvalue weighted by Gasteiger charge is -2.60. The van der Waals surface area contributed by atoms with Crippen LogP contribution in [0.2, 0.25) is 0 Å². The molecule has 0 atom stereocenters. The number of hydrogen-bond donors (Lipinski definition) is 0. The van der Waals surface area contributed by atoms with Gasteiger partial charge in [-0.1, -0.05) is 6.07 Å². The minimum Gasteiger partial charge on any atom is -0.444 e. The fourth-order valence-electron chi connectivity index (χ4n) is 8.50. The highest BCUT2D eigenvalue weighted by molar-refractivity contribution is 6.03. The Morgan fingerprint density at radius 1 is 0.925 bits per heavy atom. The molecule has 2 aromatic rings. The van der Waals surface area contributed by atoms with Crippen molar-refractivity contribution in [1.29, 1.82) is 0 Å². The molecule has 0 unspecified atom stereocenters. The molecule has 216 valence electrons. The molecule has 8 nitrogen and oxygen atoms in total. The molecule has 8 heteroatoms. The zero-order valence-corrected chi connectivity index (χ0v) is 24.5. The summed E-state index contributed by atoms with van der Waals surface area (Å²) in [5.41, 5.74) is 0.280. The fourth-order valence-corrected chi connectivity index (χ4v) is 8.50. The summed E-state index contributed by atoms with van der Waals surface area (Å²) in [4.78, 5) is 45.4. The van der Waals surface area contributed by atoms with Gasteiger partial charge in [-0.2, -0.15) is 0 Å². The second-order valence-electron chi connectivity index (χ2n) is 13.9. The molecule has 2 heterocycles. The van der Waals surface area contributed by atoms with Crippen molar-refractivity contribution in [3.63, 3.8) is 0 Å². The van der Waals surface area contributed by atoms with Crippen LogP contribution in [0.1, 0.15) is 66.2 Å². The maximum absolute atomic E-state index is 13.6. The summed E-state index contributed by atoms with van der Waals surface area (Å²) in [5, 5.41) is 1.55. The number of amides is 2. The smallest absolute Gasteiger partial charge is 0.410 e. The van der Waals surface area contributed by atoms with Crippen molar-refractivity contribution in [1.82, 2.24) is 14.4 Å². The molecule has 4 bridgehead atoms. The number of carbonyl (C=O) groups is 2. The molecule has 0 radical (unpaired) electrons. The number of anilines is 1. The highest BCUT2D eigenvalue weighted by Gasteiger charge is 2.54. The van der Waals surface area contributed by atoms with Gasteiger partial charge in [0, 0.05) is 68.7 Å². The van der Waals surface area contributed by atoms with Crippen LogP contribution in [-0.4, -0.2) is 70.2 Å². The van der Waals surface area contributed by atoms with Crippen LogP contribution in [0.4, 0.5) is 10.5 Å². The highest BCUT2D eigenvalue weighted by Crippen LogP contribution is 2.58. The predicted molar refractivity (Wildman–Crippen MR) is 157 cm³/mol. The van der Waals surface area contributed by atoms with E-state index in [4.69, 9.17) is 4.74 Å². The Bertz CT molecular complexity index is 1320. The van der Waals surface area contributed by atoms with E-state index in [0.29, 0.717) is 25.0 Å². The van der Waals surface area contributed by atoms with Gasteiger partial charge in [-0.25, -0.2) is 4.79 Å². The van der Waals surface area contributed by atoms with Crippen LogP contribution in [0.3, 0.4) is 0 Å². The molecule has 4 aliphatic carbocycles. The molecule has 0 N–H and O–H groups in total. The van der Waals surface area contributed by atoms with Gasteiger partial charge in [0.25, 0.3) is 5.56 Å². The first kappa shape index (κ1) is 27.3. The van der Waals surface area contributed by atoms with Crippen LogP contribution in [0.25, 0.3) is 10.8 Å². The van der Waals surface area contributed by atoms with Crippen molar-refractivity contribution in [2.45, 2.75) is 83.9 Å². The topological polar surface area (TPSA) is 75.1 Å². The molecule has 1 aromatic carbocycles. The van der Waals surface area contributed by atoms with E-state index >= 15 is 0 Å². The van der Waals surface area contributed by atoms with Crippen LogP contribution < -0.4 is 10.5 Å². The van der Waals surface area contributed by atoms with Crippen LogP contribution in [0, 0.1) is 17.8 Å². The number of nitrogens with zero attached hydrogens (tertiary/aromatic N) is 4. The van der Waals surface area contributed by atoms with Gasteiger partial charge in [0.05, 0.1) is 5.69 Å². The molecule has 40 heavy (non-hydrogen) atoms. The monoisotopic (exact) mass is 548 g/mol. The van der Waals surface area contributed by atoms with Crippen molar-refractivity contribution in [2.75, 3.05) is 37.6 Å². The maximum atomic E-state index is 13.6. The van der Waals surface area contributed by atoms with Gasteiger partial charge < -0.3 is 19.1 Å². The first-order valence-electron chi connectivity index (χ1n) is 15.1. The molecule has 7 rings (SSSR count). The Balaban J connectivity index is 1.18. The van der Waals surface area contributed by atoms with E-state index in [1.54, 1.807) is 16.4 Å². The fraction of sp³-hybridized carbons (Fsp3) is 0.656. The van der Waals surface area contributed by atoms with Crippen molar-refractivity contribution in [3.8, 4) is 0 Å². The Labute approximate surface area is 237 Å². The zero-order chi connectivity index (χ0) is 28.2. The van der Waals surface area contributed by atoms with Crippen molar-refractivity contribution in [2.24, 2.45) is 17.8 Å². The molecule has 1 aromatic heterocycles. The number of pyridine rings is 1. The first-order chi connectivity index (χ1) is 19.0. The number of benzene rings is 1. The summed E-state index contributed by atoms with van der Waals surface area (Å²) in [6.45, 7) is 11.4. The number of fused-ring (bicyclic) bond motifs is 1. The SMILES string of the molecule is CC(=O)N(c1cccc2c(=O)n(CCN3CCN(C(=O)OC(C)(C)C)CC3)ccc12)C12CC3CC(CC(C3)C1)C2. The average Bonchev–Trinajstić information content (AvgIpc) is 2.87. The van der Waals surface area contributed by atoms with Crippen LogP contribution >= 0.6 is 0 Å².